The van der Waals surface area contributed by atoms with Gasteiger partial charge in [0.15, 0.2) is 5.65 Å². The molecule has 1 N–H and O–H groups in total. The Bertz CT molecular complexity index is 630. The van der Waals surface area contributed by atoms with Gasteiger partial charge in [0.25, 0.3) is 5.91 Å². The number of aryl methyl sites for hydroxylation is 1. The van der Waals surface area contributed by atoms with E-state index in [-0.39, 0.29) is 36.8 Å². The maximum absolute atomic E-state index is 12.5. The summed E-state index contributed by atoms with van der Waals surface area (Å²) in [4.78, 5) is 14.4. The van der Waals surface area contributed by atoms with E-state index in [1.54, 1.807) is 0 Å². The number of pyridine rings is 1. The number of piperazine rings is 1. The molecule has 0 unspecified atom stereocenters. The Hall–Kier alpha value is -1.37. The first-order chi connectivity index (χ1) is 9.16. The van der Waals surface area contributed by atoms with Gasteiger partial charge in [-0.3, -0.25) is 9.20 Å². The van der Waals surface area contributed by atoms with Crippen LogP contribution in [0.3, 0.4) is 0 Å². The van der Waals surface area contributed by atoms with Crippen molar-refractivity contribution in [3.05, 3.63) is 29.7 Å². The van der Waals surface area contributed by atoms with Crippen LogP contribution in [0.25, 0.3) is 5.65 Å². The van der Waals surface area contributed by atoms with Crippen molar-refractivity contribution < 1.29 is 4.79 Å². The van der Waals surface area contributed by atoms with Crippen LogP contribution >= 0.6 is 24.8 Å². The van der Waals surface area contributed by atoms with E-state index >= 15 is 0 Å². The lowest BCUT2D eigenvalue weighted by Crippen LogP contribution is -2.52. The Labute approximate surface area is 135 Å². The van der Waals surface area contributed by atoms with Crippen LogP contribution in [0.2, 0.25) is 0 Å². The van der Waals surface area contributed by atoms with E-state index in [1.165, 1.54) is 0 Å². The van der Waals surface area contributed by atoms with Crippen LogP contribution in [0.5, 0.6) is 0 Å². The van der Waals surface area contributed by atoms with Crippen LogP contribution in [0.4, 0.5) is 0 Å². The summed E-state index contributed by atoms with van der Waals surface area (Å²) in [6.45, 7) is 6.39. The molecule has 1 aliphatic heterocycles. The fourth-order valence-electron chi connectivity index (χ4n) is 2.44. The molecular formula is C13H19Cl2N5O. The number of carbonyl (C=O) groups excluding carboxylic acids is 1. The maximum Gasteiger partial charge on any atom is 0.255 e. The molecule has 1 aliphatic rings. The van der Waals surface area contributed by atoms with Crippen LogP contribution < -0.4 is 5.32 Å². The summed E-state index contributed by atoms with van der Waals surface area (Å²) >= 11 is 0. The molecule has 3 rings (SSSR count). The van der Waals surface area contributed by atoms with Crippen LogP contribution in [0, 0.1) is 6.92 Å². The lowest BCUT2D eigenvalue weighted by atomic mass is 10.1. The summed E-state index contributed by atoms with van der Waals surface area (Å²) in [6.07, 6.45) is 1.82. The van der Waals surface area contributed by atoms with E-state index in [2.05, 4.69) is 22.4 Å². The molecule has 0 spiro atoms. The van der Waals surface area contributed by atoms with Crippen molar-refractivity contribution in [3.63, 3.8) is 0 Å². The van der Waals surface area contributed by atoms with Crippen molar-refractivity contribution in [2.45, 2.75) is 19.9 Å². The van der Waals surface area contributed by atoms with Gasteiger partial charge in [-0.05, 0) is 26.0 Å². The number of hydrogen-bond donors (Lipinski definition) is 1. The van der Waals surface area contributed by atoms with Crippen LogP contribution in [-0.4, -0.2) is 51.1 Å². The molecule has 2 aromatic heterocycles. The van der Waals surface area contributed by atoms with Gasteiger partial charge < -0.3 is 10.2 Å². The molecule has 1 fully saturated rings. The molecule has 0 radical (unpaired) electrons. The van der Waals surface area contributed by atoms with E-state index in [0.29, 0.717) is 5.56 Å². The Morgan fingerprint density at radius 3 is 2.81 bits per heavy atom. The Kier molecular flexibility index (Phi) is 5.95. The molecule has 2 aromatic rings. The zero-order valence-electron chi connectivity index (χ0n) is 11.9. The summed E-state index contributed by atoms with van der Waals surface area (Å²) in [5.74, 6) is 0.863. The molecule has 116 valence electrons. The fraction of sp³-hybridized carbons (Fsp3) is 0.462. The van der Waals surface area contributed by atoms with Gasteiger partial charge in [0.1, 0.15) is 5.82 Å². The second kappa shape index (κ2) is 7.06. The number of aromatic nitrogens is 3. The second-order valence-electron chi connectivity index (χ2n) is 4.94. The van der Waals surface area contributed by atoms with Crippen LogP contribution in [-0.2, 0) is 0 Å². The van der Waals surface area contributed by atoms with Crippen molar-refractivity contribution >= 4 is 36.4 Å². The minimum absolute atomic E-state index is 0. The third-order valence-corrected chi connectivity index (χ3v) is 3.58. The molecule has 0 aromatic carbocycles. The van der Waals surface area contributed by atoms with Gasteiger partial charge in [-0.25, -0.2) is 0 Å². The largest absolute Gasteiger partial charge is 0.333 e. The van der Waals surface area contributed by atoms with Crippen molar-refractivity contribution in [1.82, 2.24) is 24.8 Å². The van der Waals surface area contributed by atoms with Gasteiger partial charge in [-0.15, -0.1) is 35.0 Å². The average molecular weight is 332 g/mol. The Morgan fingerprint density at radius 1 is 1.33 bits per heavy atom. The van der Waals surface area contributed by atoms with Crippen molar-refractivity contribution in [2.75, 3.05) is 19.6 Å². The average Bonchev–Trinajstić information content (AvgIpc) is 2.80. The quantitative estimate of drug-likeness (QED) is 0.855. The minimum atomic E-state index is 0. The van der Waals surface area contributed by atoms with E-state index in [9.17, 15) is 4.79 Å². The molecule has 0 bridgehead atoms. The number of fused-ring (bicyclic) bond motifs is 1. The van der Waals surface area contributed by atoms with Crippen molar-refractivity contribution in [3.8, 4) is 0 Å². The van der Waals surface area contributed by atoms with Crippen molar-refractivity contribution in [1.29, 1.82) is 0 Å². The summed E-state index contributed by atoms with van der Waals surface area (Å²) in [5.41, 5.74) is 1.45. The fourth-order valence-corrected chi connectivity index (χ4v) is 2.44. The molecule has 1 amide bonds. The third kappa shape index (κ3) is 3.28. The predicted octanol–water partition coefficient (Wildman–Crippen LogP) is 1.32. The number of halogens is 2. The normalized spacial score (nSPS) is 18.0. The molecular weight excluding hydrogens is 313 g/mol. The van der Waals surface area contributed by atoms with E-state index < -0.39 is 0 Å². The van der Waals surface area contributed by atoms with Crippen molar-refractivity contribution in [2.24, 2.45) is 0 Å². The number of amides is 1. The van der Waals surface area contributed by atoms with Gasteiger partial charge in [-0.2, -0.15) is 0 Å². The summed E-state index contributed by atoms with van der Waals surface area (Å²) < 4.78 is 1.85. The van der Waals surface area contributed by atoms with Gasteiger partial charge in [0.2, 0.25) is 0 Å². The summed E-state index contributed by atoms with van der Waals surface area (Å²) in [7, 11) is 0. The molecule has 21 heavy (non-hydrogen) atoms. The summed E-state index contributed by atoms with van der Waals surface area (Å²) in [5, 5.41) is 11.3. The third-order valence-electron chi connectivity index (χ3n) is 3.58. The smallest absolute Gasteiger partial charge is 0.255 e. The van der Waals surface area contributed by atoms with Gasteiger partial charge >= 0.3 is 0 Å². The maximum atomic E-state index is 12.5. The van der Waals surface area contributed by atoms with E-state index in [4.69, 9.17) is 0 Å². The molecule has 0 saturated carbocycles. The zero-order valence-corrected chi connectivity index (χ0v) is 13.6. The van der Waals surface area contributed by atoms with Crippen LogP contribution in [0.15, 0.2) is 18.3 Å². The highest BCUT2D eigenvalue weighted by Gasteiger charge is 2.24. The van der Waals surface area contributed by atoms with Gasteiger partial charge in [0.05, 0.1) is 5.56 Å². The monoisotopic (exact) mass is 331 g/mol. The number of nitrogens with one attached hydrogen (secondary N) is 1. The standard InChI is InChI=1S/C13H17N5O.2ClH/c1-9-7-14-5-6-17(9)13(19)11-3-4-12-16-15-10(2)18(12)8-11;;/h3-4,8-9,14H,5-7H2,1-2H3;2*1H/t9-;;/m0../s1. The van der Waals surface area contributed by atoms with E-state index in [0.717, 1.165) is 31.1 Å². The highest BCUT2D eigenvalue weighted by Crippen LogP contribution is 2.12. The predicted molar refractivity (Wildman–Crippen MR) is 85.6 cm³/mol. The molecule has 1 saturated heterocycles. The Morgan fingerprint density at radius 2 is 2.10 bits per heavy atom. The molecule has 6 nitrogen and oxygen atoms in total. The van der Waals surface area contributed by atoms with Gasteiger partial charge in [0, 0.05) is 31.9 Å². The first kappa shape index (κ1) is 17.7. The molecule has 1 atom stereocenters. The highest BCUT2D eigenvalue weighted by molar-refractivity contribution is 5.94. The number of rotatable bonds is 1. The lowest BCUT2D eigenvalue weighted by Gasteiger charge is -2.34. The molecule has 3 heterocycles. The Balaban J connectivity index is 0.00000110. The first-order valence-corrected chi connectivity index (χ1v) is 6.50. The zero-order chi connectivity index (χ0) is 13.4. The molecule has 8 heteroatoms. The number of carbonyl (C=O) groups is 1. The first-order valence-electron chi connectivity index (χ1n) is 6.50. The topological polar surface area (TPSA) is 62.5 Å². The van der Waals surface area contributed by atoms with Gasteiger partial charge in [-0.1, -0.05) is 0 Å². The van der Waals surface area contributed by atoms with E-state index in [1.807, 2.05) is 34.6 Å². The van der Waals surface area contributed by atoms with Crippen LogP contribution in [0.1, 0.15) is 23.1 Å². The number of hydrogen-bond acceptors (Lipinski definition) is 4. The highest BCUT2D eigenvalue weighted by atomic mass is 35.5. The number of nitrogens with zero attached hydrogens (tertiary/aromatic N) is 4. The second-order valence-corrected chi connectivity index (χ2v) is 4.94. The lowest BCUT2D eigenvalue weighted by molar-refractivity contribution is 0.0655. The summed E-state index contributed by atoms with van der Waals surface area (Å²) in [6, 6.07) is 3.87. The molecule has 0 aliphatic carbocycles. The minimum Gasteiger partial charge on any atom is -0.333 e. The SMILES string of the molecule is Cc1nnc2ccc(C(=O)N3CCNC[C@@H]3C)cn12.Cl.Cl.